The number of hydrogen-bond acceptors (Lipinski definition) is 4. The highest BCUT2D eigenvalue weighted by atomic mass is 35.5. The highest BCUT2D eigenvalue weighted by Crippen LogP contribution is 2.59. The molecule has 5 rings (SSSR count). The van der Waals surface area contributed by atoms with Gasteiger partial charge in [-0.2, -0.15) is 0 Å². The standard InChI is InChI=1S/C30H14Cl8O4/c31-15-8-10-18(11-9-15)39-30-28(41-23-7-2-1-4-20(23)34)24(37)27(40-19-13-16(32)12-17(33)14-19)25(38)29(30)42-26-21(35)5-3-6-22(26)36/h1-14H. The van der Waals surface area contributed by atoms with Crippen LogP contribution in [-0.4, -0.2) is 0 Å². The predicted molar refractivity (Wildman–Crippen MR) is 173 cm³/mol. The molecule has 0 amide bonds. The summed E-state index contributed by atoms with van der Waals surface area (Å²) in [5.74, 6) is 0.671. The number of para-hydroxylation sites is 2. The van der Waals surface area contributed by atoms with Gasteiger partial charge < -0.3 is 18.9 Å². The fourth-order valence-corrected chi connectivity index (χ4v) is 5.46. The molecule has 4 nitrogen and oxygen atoms in total. The van der Waals surface area contributed by atoms with Gasteiger partial charge in [0.15, 0.2) is 23.0 Å². The molecule has 0 unspecified atom stereocenters. The number of hydrogen-bond donors (Lipinski definition) is 0. The largest absolute Gasteiger partial charge is 0.454 e. The van der Waals surface area contributed by atoms with Crippen molar-refractivity contribution in [2.75, 3.05) is 0 Å². The molecule has 0 saturated heterocycles. The number of rotatable bonds is 8. The molecule has 0 aromatic heterocycles. The van der Waals surface area contributed by atoms with E-state index in [1.807, 2.05) is 0 Å². The second kappa shape index (κ2) is 13.5. The highest BCUT2D eigenvalue weighted by molar-refractivity contribution is 6.40. The van der Waals surface area contributed by atoms with Crippen LogP contribution in [0.1, 0.15) is 0 Å². The molecule has 42 heavy (non-hydrogen) atoms. The van der Waals surface area contributed by atoms with E-state index in [-0.39, 0.29) is 60.3 Å². The number of ether oxygens (including phenoxy) is 4. The molecule has 0 bridgehead atoms. The SMILES string of the molecule is Clc1ccc(Oc2c(Oc3ccccc3Cl)c(Cl)c(Oc3cc(Cl)cc(Cl)c3)c(Cl)c2Oc2c(Cl)cccc2Cl)cc1. The Morgan fingerprint density at radius 3 is 1.52 bits per heavy atom. The summed E-state index contributed by atoms with van der Waals surface area (Å²) in [4.78, 5) is 0. The van der Waals surface area contributed by atoms with Gasteiger partial charge in [-0.3, -0.25) is 0 Å². The molecule has 0 aliphatic carbocycles. The molecule has 5 aromatic carbocycles. The number of benzene rings is 5. The van der Waals surface area contributed by atoms with Gasteiger partial charge in [-0.05, 0) is 66.7 Å². The molecule has 0 aliphatic heterocycles. The van der Waals surface area contributed by atoms with Gasteiger partial charge in [-0.25, -0.2) is 0 Å². The van der Waals surface area contributed by atoms with Gasteiger partial charge in [0.1, 0.15) is 27.3 Å². The Labute approximate surface area is 281 Å². The molecule has 0 heterocycles. The quantitative estimate of drug-likeness (QED) is 0.160. The Balaban J connectivity index is 1.77. The molecule has 0 atom stereocenters. The second-order valence-electron chi connectivity index (χ2n) is 8.39. The predicted octanol–water partition coefficient (Wildman–Crippen LogP) is 14.1. The first-order valence-electron chi connectivity index (χ1n) is 11.8. The molecular formula is C30H14Cl8O4. The van der Waals surface area contributed by atoms with Crippen LogP contribution in [0.4, 0.5) is 0 Å². The fourth-order valence-electron chi connectivity index (χ4n) is 3.62. The molecule has 0 spiro atoms. The van der Waals surface area contributed by atoms with E-state index in [1.165, 1.54) is 12.1 Å². The van der Waals surface area contributed by atoms with Gasteiger partial charge in [0.25, 0.3) is 0 Å². The van der Waals surface area contributed by atoms with Gasteiger partial charge in [-0.15, -0.1) is 0 Å². The monoisotopic (exact) mass is 718 g/mol. The highest BCUT2D eigenvalue weighted by Gasteiger charge is 2.31. The zero-order valence-corrected chi connectivity index (χ0v) is 26.8. The van der Waals surface area contributed by atoms with Crippen LogP contribution < -0.4 is 18.9 Å². The number of halogens is 8. The van der Waals surface area contributed by atoms with Crippen LogP contribution in [0.15, 0.2) is 84.9 Å². The average molecular weight is 722 g/mol. The van der Waals surface area contributed by atoms with Crippen molar-refractivity contribution in [3.05, 3.63) is 125 Å². The van der Waals surface area contributed by atoms with Gasteiger partial charge in [-0.1, -0.05) is 111 Å². The van der Waals surface area contributed by atoms with Gasteiger partial charge in [0.05, 0.1) is 15.1 Å². The Kier molecular flexibility index (Phi) is 9.99. The average Bonchev–Trinajstić information content (AvgIpc) is 2.94. The Morgan fingerprint density at radius 2 is 0.905 bits per heavy atom. The van der Waals surface area contributed by atoms with E-state index in [4.69, 9.17) is 112 Å². The van der Waals surface area contributed by atoms with Crippen molar-refractivity contribution in [2.45, 2.75) is 0 Å². The van der Waals surface area contributed by atoms with E-state index in [2.05, 4.69) is 0 Å². The summed E-state index contributed by atoms with van der Waals surface area (Å²) in [7, 11) is 0. The Bertz CT molecular complexity index is 1740. The summed E-state index contributed by atoms with van der Waals surface area (Å²) in [5, 5.41) is 1.63. The molecule has 214 valence electrons. The third kappa shape index (κ3) is 7.05. The minimum atomic E-state index is -0.109. The van der Waals surface area contributed by atoms with E-state index in [1.54, 1.807) is 72.8 Å². The molecule has 0 N–H and O–H groups in total. The summed E-state index contributed by atoms with van der Waals surface area (Å²) in [6, 6.07) is 22.8. The Hall–Kier alpha value is -2.38. The lowest BCUT2D eigenvalue weighted by atomic mass is 10.2. The summed E-state index contributed by atoms with van der Waals surface area (Å²) in [5.41, 5.74) is 0. The van der Waals surface area contributed by atoms with Crippen molar-refractivity contribution in [1.82, 2.24) is 0 Å². The molecule has 0 radical (unpaired) electrons. The maximum Gasteiger partial charge on any atom is 0.215 e. The zero-order valence-electron chi connectivity index (χ0n) is 20.7. The van der Waals surface area contributed by atoms with Crippen LogP contribution >= 0.6 is 92.8 Å². The minimum absolute atomic E-state index is 0.0419. The van der Waals surface area contributed by atoms with Crippen LogP contribution in [0.2, 0.25) is 40.2 Å². The van der Waals surface area contributed by atoms with Crippen LogP contribution in [0, 0.1) is 0 Å². The zero-order chi connectivity index (χ0) is 30.0. The molecule has 0 fully saturated rings. The van der Waals surface area contributed by atoms with Gasteiger partial charge in [0.2, 0.25) is 5.75 Å². The summed E-state index contributed by atoms with van der Waals surface area (Å²) in [6.07, 6.45) is 0. The van der Waals surface area contributed by atoms with E-state index in [0.717, 1.165) is 0 Å². The molecule has 12 heteroatoms. The van der Waals surface area contributed by atoms with Crippen molar-refractivity contribution < 1.29 is 18.9 Å². The van der Waals surface area contributed by atoms with E-state index < -0.39 is 0 Å². The van der Waals surface area contributed by atoms with E-state index >= 15 is 0 Å². The summed E-state index contributed by atoms with van der Waals surface area (Å²) in [6.45, 7) is 0. The van der Waals surface area contributed by atoms with Gasteiger partial charge >= 0.3 is 0 Å². The van der Waals surface area contributed by atoms with Crippen molar-refractivity contribution in [3.8, 4) is 46.0 Å². The smallest absolute Gasteiger partial charge is 0.215 e. The maximum atomic E-state index is 6.93. The lowest BCUT2D eigenvalue weighted by molar-refractivity contribution is 0.380. The van der Waals surface area contributed by atoms with Crippen LogP contribution in [0.5, 0.6) is 46.0 Å². The fraction of sp³-hybridized carbons (Fsp3) is 0. The normalized spacial score (nSPS) is 10.9. The van der Waals surface area contributed by atoms with Crippen molar-refractivity contribution in [2.24, 2.45) is 0 Å². The van der Waals surface area contributed by atoms with Crippen LogP contribution in [0.3, 0.4) is 0 Å². The van der Waals surface area contributed by atoms with E-state index in [0.29, 0.717) is 25.8 Å². The molecule has 5 aromatic rings. The third-order valence-corrected chi connectivity index (χ3v) is 7.75. The molecule has 0 aliphatic rings. The van der Waals surface area contributed by atoms with Crippen LogP contribution in [0.25, 0.3) is 0 Å². The summed E-state index contributed by atoms with van der Waals surface area (Å²) >= 11 is 51.7. The molecule has 0 saturated carbocycles. The van der Waals surface area contributed by atoms with Gasteiger partial charge in [0, 0.05) is 15.1 Å². The van der Waals surface area contributed by atoms with Crippen molar-refractivity contribution in [3.63, 3.8) is 0 Å². The topological polar surface area (TPSA) is 36.9 Å². The van der Waals surface area contributed by atoms with Crippen molar-refractivity contribution >= 4 is 92.8 Å². The maximum absolute atomic E-state index is 6.93. The van der Waals surface area contributed by atoms with Crippen LogP contribution in [-0.2, 0) is 0 Å². The van der Waals surface area contributed by atoms with Crippen molar-refractivity contribution in [1.29, 1.82) is 0 Å². The minimum Gasteiger partial charge on any atom is -0.454 e. The first kappa shape index (κ1) is 31.1. The second-order valence-corrected chi connectivity index (χ2v) is 11.7. The Morgan fingerprint density at radius 1 is 0.357 bits per heavy atom. The molecular weight excluding hydrogens is 708 g/mol. The first-order chi connectivity index (χ1) is 20.1. The lowest BCUT2D eigenvalue weighted by Crippen LogP contribution is -2.00. The first-order valence-corrected chi connectivity index (χ1v) is 14.8. The third-order valence-electron chi connectivity index (χ3n) is 5.47. The lowest BCUT2D eigenvalue weighted by Gasteiger charge is -2.22. The summed E-state index contributed by atoms with van der Waals surface area (Å²) < 4.78 is 24.8. The van der Waals surface area contributed by atoms with E-state index in [9.17, 15) is 0 Å².